The molecule has 0 radical (unpaired) electrons. The Morgan fingerprint density at radius 2 is 2.17 bits per heavy atom. The Kier molecular flexibility index (Phi) is 6.06. The second kappa shape index (κ2) is 8.73. The zero-order chi connectivity index (χ0) is 21.3. The van der Waals surface area contributed by atoms with Gasteiger partial charge in [-0.2, -0.15) is 4.98 Å². The van der Waals surface area contributed by atoms with E-state index in [1.165, 1.54) is 6.07 Å². The first-order chi connectivity index (χ1) is 14.4. The van der Waals surface area contributed by atoms with E-state index in [0.29, 0.717) is 46.6 Å². The summed E-state index contributed by atoms with van der Waals surface area (Å²) in [5.41, 5.74) is 2.93. The number of rotatable bonds is 6. The molecule has 1 atom stereocenters. The molecule has 3 aromatic rings. The van der Waals surface area contributed by atoms with Gasteiger partial charge in [-0.3, -0.25) is 0 Å². The largest absolute Gasteiger partial charge is 0.507 e. The molecule has 2 N–H and O–H groups in total. The molecular formula is C21H23ClF2N4O2. The van der Waals surface area contributed by atoms with Gasteiger partial charge in [0.05, 0.1) is 5.69 Å². The predicted octanol–water partition coefficient (Wildman–Crippen LogP) is 5.09. The van der Waals surface area contributed by atoms with Crippen LogP contribution in [0.3, 0.4) is 0 Å². The van der Waals surface area contributed by atoms with Gasteiger partial charge in [-0.25, -0.2) is 13.8 Å². The van der Waals surface area contributed by atoms with Gasteiger partial charge in [0.2, 0.25) is 12.1 Å². The first kappa shape index (κ1) is 20.8. The van der Waals surface area contributed by atoms with Gasteiger partial charge in [0.1, 0.15) is 5.75 Å². The number of benzene rings is 1. The summed E-state index contributed by atoms with van der Waals surface area (Å²) in [7, 11) is 0. The van der Waals surface area contributed by atoms with E-state index in [1.54, 1.807) is 18.2 Å². The second-order valence-corrected chi connectivity index (χ2v) is 8.05. The Morgan fingerprint density at radius 3 is 2.93 bits per heavy atom. The molecular weight excluding hydrogens is 414 g/mol. The third kappa shape index (κ3) is 4.65. The average molecular weight is 437 g/mol. The van der Waals surface area contributed by atoms with E-state index >= 15 is 0 Å². The quantitative estimate of drug-likeness (QED) is 0.560. The van der Waals surface area contributed by atoms with Gasteiger partial charge >= 0.3 is 0 Å². The van der Waals surface area contributed by atoms with Gasteiger partial charge in [0, 0.05) is 36.1 Å². The summed E-state index contributed by atoms with van der Waals surface area (Å²) >= 11 is 5.99. The lowest BCUT2D eigenvalue weighted by Gasteiger charge is -2.32. The molecule has 160 valence electrons. The third-order valence-electron chi connectivity index (χ3n) is 5.29. The van der Waals surface area contributed by atoms with E-state index in [4.69, 9.17) is 16.0 Å². The molecule has 0 bridgehead atoms. The Balaban J connectivity index is 1.51. The number of oxazole rings is 1. The number of likely N-dealkylation sites (tertiary alicyclic amines) is 1. The Morgan fingerprint density at radius 1 is 1.33 bits per heavy atom. The monoisotopic (exact) mass is 436 g/mol. The van der Waals surface area contributed by atoms with Crippen molar-refractivity contribution in [2.45, 2.75) is 38.7 Å². The van der Waals surface area contributed by atoms with Crippen LogP contribution in [0.4, 0.5) is 14.8 Å². The molecule has 1 fully saturated rings. The van der Waals surface area contributed by atoms with Crippen LogP contribution in [-0.4, -0.2) is 52.1 Å². The molecule has 0 unspecified atom stereocenters. The van der Waals surface area contributed by atoms with E-state index in [2.05, 4.69) is 15.3 Å². The number of nitrogens with one attached hydrogen (secondary N) is 1. The lowest BCUT2D eigenvalue weighted by atomic mass is 10.0. The fourth-order valence-corrected chi connectivity index (χ4v) is 4.18. The number of fused-ring (bicyclic) bond motifs is 1. The second-order valence-electron chi connectivity index (χ2n) is 7.62. The van der Waals surface area contributed by atoms with Crippen molar-refractivity contribution in [2.75, 3.05) is 25.0 Å². The zero-order valence-corrected chi connectivity index (χ0v) is 17.3. The van der Waals surface area contributed by atoms with Gasteiger partial charge in [-0.05, 0) is 56.1 Å². The number of aromatic nitrogens is 2. The van der Waals surface area contributed by atoms with E-state index in [0.717, 1.165) is 24.9 Å². The predicted molar refractivity (Wildman–Crippen MR) is 112 cm³/mol. The molecule has 3 heterocycles. The molecule has 1 saturated heterocycles. The zero-order valence-electron chi connectivity index (χ0n) is 16.5. The van der Waals surface area contributed by atoms with Crippen molar-refractivity contribution in [1.82, 2.24) is 14.9 Å². The third-order valence-corrected chi connectivity index (χ3v) is 5.50. The van der Waals surface area contributed by atoms with Crippen LogP contribution in [0, 0.1) is 6.92 Å². The highest BCUT2D eigenvalue weighted by Crippen LogP contribution is 2.35. The number of piperidine rings is 1. The summed E-state index contributed by atoms with van der Waals surface area (Å²) in [5.74, 6) is 0.0554. The van der Waals surface area contributed by atoms with Crippen molar-refractivity contribution in [1.29, 1.82) is 0 Å². The summed E-state index contributed by atoms with van der Waals surface area (Å²) in [6, 6.07) is 7.20. The minimum atomic E-state index is -2.28. The van der Waals surface area contributed by atoms with Gasteiger partial charge in [-0.1, -0.05) is 11.6 Å². The Labute approximate surface area is 177 Å². The Hall–Kier alpha value is -2.45. The highest BCUT2D eigenvalue weighted by atomic mass is 35.5. The Bertz CT molecular complexity index is 1020. The number of anilines is 1. The molecule has 30 heavy (non-hydrogen) atoms. The van der Waals surface area contributed by atoms with Crippen LogP contribution in [0.1, 0.15) is 24.8 Å². The van der Waals surface area contributed by atoms with Crippen LogP contribution in [0.2, 0.25) is 5.02 Å². The average Bonchev–Trinajstić information content (AvgIpc) is 3.07. The van der Waals surface area contributed by atoms with Crippen LogP contribution in [-0.2, 0) is 0 Å². The number of pyridine rings is 1. The molecule has 4 rings (SSSR count). The van der Waals surface area contributed by atoms with Crippen molar-refractivity contribution in [3.05, 3.63) is 34.9 Å². The van der Waals surface area contributed by atoms with Gasteiger partial charge in [0.15, 0.2) is 5.58 Å². The summed E-state index contributed by atoms with van der Waals surface area (Å²) in [5, 5.41) is 14.0. The molecule has 2 aromatic heterocycles. The molecule has 0 saturated carbocycles. The van der Waals surface area contributed by atoms with E-state index in [1.807, 2.05) is 11.8 Å². The van der Waals surface area contributed by atoms with Crippen molar-refractivity contribution in [3.8, 4) is 17.0 Å². The summed E-state index contributed by atoms with van der Waals surface area (Å²) < 4.78 is 30.7. The summed E-state index contributed by atoms with van der Waals surface area (Å²) in [4.78, 5) is 11.0. The van der Waals surface area contributed by atoms with Crippen LogP contribution in [0.25, 0.3) is 22.5 Å². The molecule has 6 nitrogen and oxygen atoms in total. The van der Waals surface area contributed by atoms with Crippen molar-refractivity contribution >= 4 is 28.8 Å². The number of phenols is 1. The van der Waals surface area contributed by atoms with Crippen LogP contribution < -0.4 is 5.32 Å². The topological polar surface area (TPSA) is 74.4 Å². The van der Waals surface area contributed by atoms with E-state index in [-0.39, 0.29) is 18.2 Å². The number of aryl methyl sites for hydroxylation is 1. The normalized spacial score (nSPS) is 17.7. The smallest absolute Gasteiger partial charge is 0.297 e. The molecule has 9 heteroatoms. The number of halogens is 3. The van der Waals surface area contributed by atoms with Crippen LogP contribution >= 0.6 is 11.6 Å². The van der Waals surface area contributed by atoms with Crippen molar-refractivity contribution in [2.24, 2.45) is 0 Å². The molecule has 0 aliphatic carbocycles. The minimum Gasteiger partial charge on any atom is -0.507 e. The fraction of sp³-hybridized carbons (Fsp3) is 0.429. The lowest BCUT2D eigenvalue weighted by Crippen LogP contribution is -2.42. The molecule has 0 amide bonds. The van der Waals surface area contributed by atoms with Crippen molar-refractivity contribution < 1.29 is 18.3 Å². The van der Waals surface area contributed by atoms with E-state index in [9.17, 15) is 13.9 Å². The van der Waals surface area contributed by atoms with E-state index < -0.39 is 6.43 Å². The number of hydrogen-bond donors (Lipinski definition) is 2. The SMILES string of the molecule is Cc1cc(Cl)cc(O)c1-c1ccc2oc(N[C@@H]3CCCN(CCC(F)F)C3)nc2n1. The molecule has 1 aromatic carbocycles. The van der Waals surface area contributed by atoms with Gasteiger partial charge < -0.3 is 19.7 Å². The number of nitrogens with zero attached hydrogens (tertiary/aromatic N) is 3. The molecule has 1 aliphatic rings. The summed E-state index contributed by atoms with van der Waals surface area (Å²) in [6.45, 7) is 3.74. The number of phenolic OH excluding ortho intramolecular Hbond substituents is 1. The first-order valence-corrected chi connectivity index (χ1v) is 10.3. The highest BCUT2D eigenvalue weighted by molar-refractivity contribution is 6.31. The first-order valence-electron chi connectivity index (χ1n) is 9.93. The molecule has 1 aliphatic heterocycles. The number of aromatic hydroxyl groups is 1. The van der Waals surface area contributed by atoms with Crippen molar-refractivity contribution in [3.63, 3.8) is 0 Å². The van der Waals surface area contributed by atoms with Gasteiger partial charge in [0.25, 0.3) is 6.01 Å². The maximum atomic E-state index is 12.5. The van der Waals surface area contributed by atoms with Crippen LogP contribution in [0.15, 0.2) is 28.7 Å². The fourth-order valence-electron chi connectivity index (χ4n) is 3.91. The molecule has 0 spiro atoms. The minimum absolute atomic E-state index is 0.0554. The number of alkyl halides is 2. The van der Waals surface area contributed by atoms with Gasteiger partial charge in [-0.15, -0.1) is 0 Å². The maximum Gasteiger partial charge on any atom is 0.297 e. The summed E-state index contributed by atoms with van der Waals surface area (Å²) in [6.07, 6.45) is -0.544. The number of hydrogen-bond acceptors (Lipinski definition) is 6. The lowest BCUT2D eigenvalue weighted by molar-refractivity contribution is 0.108. The maximum absolute atomic E-state index is 12.5. The standard InChI is InChI=1S/C21H23ClF2N4O2/c1-12-9-13(22)10-16(29)19(12)15-4-5-17-20(26-15)27-21(30-17)25-14-3-2-7-28(11-14)8-6-18(23)24/h4-5,9-10,14,18,29H,2-3,6-8,11H2,1H3,(H,25,26,27)/t14-/m1/s1. The highest BCUT2D eigenvalue weighted by Gasteiger charge is 2.22. The van der Waals surface area contributed by atoms with Crippen LogP contribution in [0.5, 0.6) is 5.75 Å².